The highest BCUT2D eigenvalue weighted by atomic mass is 16.3. The number of rotatable bonds is 5. The number of para-hydroxylation sites is 1. The van der Waals surface area contributed by atoms with Gasteiger partial charge in [0.05, 0.1) is 0 Å². The normalized spacial score (nSPS) is 13.1. The summed E-state index contributed by atoms with van der Waals surface area (Å²) in [4.78, 5) is 0. The van der Waals surface area contributed by atoms with Crippen molar-refractivity contribution in [3.63, 3.8) is 0 Å². The van der Waals surface area contributed by atoms with Gasteiger partial charge in [-0.25, -0.2) is 0 Å². The van der Waals surface area contributed by atoms with Gasteiger partial charge in [-0.15, -0.1) is 0 Å². The molecule has 2 rings (SSSR count). The van der Waals surface area contributed by atoms with Gasteiger partial charge in [-0.05, 0) is 38.4 Å². The Hall–Kier alpha value is -1.28. The quantitative estimate of drug-likeness (QED) is 0.849. The third-order valence-electron chi connectivity index (χ3n) is 3.17. The summed E-state index contributed by atoms with van der Waals surface area (Å²) in [5.41, 5.74) is 2.26. The van der Waals surface area contributed by atoms with Gasteiger partial charge < -0.3 is 9.73 Å². The first-order valence-corrected chi connectivity index (χ1v) is 6.42. The number of hydrogen-bond donors (Lipinski definition) is 1. The Morgan fingerprint density at radius 2 is 2.18 bits per heavy atom. The molecule has 92 valence electrons. The third-order valence-corrected chi connectivity index (χ3v) is 3.17. The van der Waals surface area contributed by atoms with Crippen molar-refractivity contribution in [3.05, 3.63) is 35.6 Å². The van der Waals surface area contributed by atoms with Crippen molar-refractivity contribution >= 4 is 11.0 Å². The zero-order chi connectivity index (χ0) is 12.3. The van der Waals surface area contributed by atoms with Crippen LogP contribution in [0.2, 0.25) is 0 Å². The monoisotopic (exact) mass is 231 g/mol. The van der Waals surface area contributed by atoms with Crippen molar-refractivity contribution in [2.45, 2.75) is 39.7 Å². The van der Waals surface area contributed by atoms with Crippen LogP contribution in [-0.4, -0.2) is 12.6 Å². The molecule has 0 spiro atoms. The highest BCUT2D eigenvalue weighted by molar-refractivity contribution is 5.80. The second-order valence-corrected chi connectivity index (χ2v) is 4.70. The predicted molar refractivity (Wildman–Crippen MR) is 72.4 cm³/mol. The lowest BCUT2D eigenvalue weighted by Gasteiger charge is -2.10. The molecule has 0 amide bonds. The Balaban J connectivity index is 2.07. The van der Waals surface area contributed by atoms with E-state index in [1.54, 1.807) is 0 Å². The summed E-state index contributed by atoms with van der Waals surface area (Å²) in [6.07, 6.45) is 2.12. The zero-order valence-electron chi connectivity index (χ0n) is 10.9. The third kappa shape index (κ3) is 2.89. The first-order valence-electron chi connectivity index (χ1n) is 6.42. The van der Waals surface area contributed by atoms with E-state index < -0.39 is 0 Å². The standard InChI is InChI=1S/C15H21NO/c1-4-16-12(3)8-9-14-10-13-7-5-6-11(2)15(13)17-14/h5-7,10,12,16H,4,8-9H2,1-3H3. The molecule has 1 atom stereocenters. The van der Waals surface area contributed by atoms with E-state index in [0.717, 1.165) is 30.7 Å². The lowest BCUT2D eigenvalue weighted by atomic mass is 10.1. The van der Waals surface area contributed by atoms with Gasteiger partial charge in [-0.2, -0.15) is 0 Å². The van der Waals surface area contributed by atoms with Crippen molar-refractivity contribution in [2.75, 3.05) is 6.54 Å². The molecule has 0 saturated heterocycles. The van der Waals surface area contributed by atoms with Crippen LogP contribution in [-0.2, 0) is 6.42 Å². The molecular weight excluding hydrogens is 210 g/mol. The van der Waals surface area contributed by atoms with E-state index in [4.69, 9.17) is 4.42 Å². The molecule has 2 aromatic rings. The maximum absolute atomic E-state index is 5.90. The van der Waals surface area contributed by atoms with E-state index in [2.05, 4.69) is 50.4 Å². The van der Waals surface area contributed by atoms with E-state index in [9.17, 15) is 0 Å². The van der Waals surface area contributed by atoms with Crippen LogP contribution in [0.15, 0.2) is 28.7 Å². The maximum Gasteiger partial charge on any atom is 0.137 e. The minimum Gasteiger partial charge on any atom is -0.461 e. The van der Waals surface area contributed by atoms with Crippen molar-refractivity contribution < 1.29 is 4.42 Å². The van der Waals surface area contributed by atoms with Crippen molar-refractivity contribution in [1.82, 2.24) is 5.32 Å². The van der Waals surface area contributed by atoms with Crippen LogP contribution in [0.1, 0.15) is 31.6 Å². The largest absolute Gasteiger partial charge is 0.461 e. The van der Waals surface area contributed by atoms with Crippen LogP contribution >= 0.6 is 0 Å². The Kier molecular flexibility index (Phi) is 3.85. The Labute approximate surface area is 103 Å². The lowest BCUT2D eigenvalue weighted by Crippen LogP contribution is -2.25. The van der Waals surface area contributed by atoms with Crippen LogP contribution in [0.25, 0.3) is 11.0 Å². The fourth-order valence-electron chi connectivity index (χ4n) is 2.19. The Bertz CT molecular complexity index is 487. The second-order valence-electron chi connectivity index (χ2n) is 4.70. The summed E-state index contributed by atoms with van der Waals surface area (Å²) in [5, 5.41) is 4.64. The smallest absolute Gasteiger partial charge is 0.137 e. The summed E-state index contributed by atoms with van der Waals surface area (Å²) in [6, 6.07) is 9.01. The van der Waals surface area contributed by atoms with Gasteiger partial charge in [0.1, 0.15) is 11.3 Å². The van der Waals surface area contributed by atoms with E-state index in [1.165, 1.54) is 10.9 Å². The molecule has 1 heterocycles. The lowest BCUT2D eigenvalue weighted by molar-refractivity contribution is 0.483. The summed E-state index contributed by atoms with van der Waals surface area (Å²) in [5.74, 6) is 1.10. The molecule has 0 aliphatic rings. The van der Waals surface area contributed by atoms with Crippen LogP contribution in [0.5, 0.6) is 0 Å². The number of nitrogens with one attached hydrogen (secondary N) is 1. The van der Waals surface area contributed by atoms with Crippen LogP contribution in [0.4, 0.5) is 0 Å². The Morgan fingerprint density at radius 1 is 1.35 bits per heavy atom. The van der Waals surface area contributed by atoms with Crippen molar-refractivity contribution in [1.29, 1.82) is 0 Å². The number of aryl methyl sites for hydroxylation is 2. The molecular formula is C15H21NO. The molecule has 1 unspecified atom stereocenters. The number of hydrogen-bond acceptors (Lipinski definition) is 2. The van der Waals surface area contributed by atoms with Crippen LogP contribution in [0.3, 0.4) is 0 Å². The molecule has 0 aliphatic heterocycles. The minimum atomic E-state index is 0.550. The average Bonchev–Trinajstić information content (AvgIpc) is 2.71. The number of furan rings is 1. The van der Waals surface area contributed by atoms with Gasteiger partial charge in [0.15, 0.2) is 0 Å². The van der Waals surface area contributed by atoms with E-state index in [-0.39, 0.29) is 0 Å². The van der Waals surface area contributed by atoms with E-state index in [1.807, 2.05) is 0 Å². The SMILES string of the molecule is CCNC(C)CCc1cc2cccc(C)c2o1. The first-order chi connectivity index (χ1) is 8.20. The van der Waals surface area contributed by atoms with Gasteiger partial charge in [-0.1, -0.05) is 25.1 Å². The molecule has 1 aromatic heterocycles. The Morgan fingerprint density at radius 3 is 2.88 bits per heavy atom. The van der Waals surface area contributed by atoms with Gasteiger partial charge in [-0.3, -0.25) is 0 Å². The molecule has 0 radical (unpaired) electrons. The minimum absolute atomic E-state index is 0.550. The summed E-state index contributed by atoms with van der Waals surface area (Å²) < 4.78 is 5.90. The second kappa shape index (κ2) is 5.37. The van der Waals surface area contributed by atoms with Gasteiger partial charge in [0.25, 0.3) is 0 Å². The molecule has 2 heteroatoms. The van der Waals surface area contributed by atoms with Crippen molar-refractivity contribution in [3.8, 4) is 0 Å². The highest BCUT2D eigenvalue weighted by Crippen LogP contribution is 2.23. The molecule has 0 aliphatic carbocycles. The van der Waals surface area contributed by atoms with Crippen LogP contribution in [0, 0.1) is 6.92 Å². The molecule has 2 nitrogen and oxygen atoms in total. The van der Waals surface area contributed by atoms with E-state index >= 15 is 0 Å². The van der Waals surface area contributed by atoms with Crippen LogP contribution < -0.4 is 5.32 Å². The fraction of sp³-hybridized carbons (Fsp3) is 0.467. The summed E-state index contributed by atoms with van der Waals surface area (Å²) in [7, 11) is 0. The molecule has 0 saturated carbocycles. The number of benzene rings is 1. The molecule has 0 fully saturated rings. The predicted octanol–water partition coefficient (Wildman–Crippen LogP) is 3.67. The fourth-order valence-corrected chi connectivity index (χ4v) is 2.19. The maximum atomic E-state index is 5.90. The average molecular weight is 231 g/mol. The molecule has 1 aromatic carbocycles. The molecule has 1 N–H and O–H groups in total. The van der Waals surface area contributed by atoms with Gasteiger partial charge in [0.2, 0.25) is 0 Å². The molecule has 17 heavy (non-hydrogen) atoms. The van der Waals surface area contributed by atoms with Crippen molar-refractivity contribution in [2.24, 2.45) is 0 Å². The van der Waals surface area contributed by atoms with E-state index in [0.29, 0.717) is 6.04 Å². The summed E-state index contributed by atoms with van der Waals surface area (Å²) >= 11 is 0. The van der Waals surface area contributed by atoms with Gasteiger partial charge >= 0.3 is 0 Å². The molecule has 0 bridgehead atoms. The van der Waals surface area contributed by atoms with Gasteiger partial charge in [0, 0.05) is 17.8 Å². The zero-order valence-corrected chi connectivity index (χ0v) is 10.9. The number of fused-ring (bicyclic) bond motifs is 1. The topological polar surface area (TPSA) is 25.2 Å². The first kappa shape index (κ1) is 12.2. The summed E-state index contributed by atoms with van der Waals surface area (Å²) in [6.45, 7) is 7.48. The highest BCUT2D eigenvalue weighted by Gasteiger charge is 2.07.